The maximum Gasteiger partial charge on any atom is 0.351 e. The van der Waals surface area contributed by atoms with Crippen LogP contribution in [0.2, 0.25) is 0 Å². The number of anilines is 1. The van der Waals surface area contributed by atoms with Gasteiger partial charge in [-0.2, -0.15) is 4.98 Å². The van der Waals surface area contributed by atoms with Crippen LogP contribution in [0.5, 0.6) is 0 Å². The van der Waals surface area contributed by atoms with Gasteiger partial charge in [0, 0.05) is 18.4 Å². The van der Waals surface area contributed by atoms with E-state index in [1.807, 2.05) is 0 Å². The van der Waals surface area contributed by atoms with Crippen LogP contribution in [0.25, 0.3) is 0 Å². The summed E-state index contributed by atoms with van der Waals surface area (Å²) in [5.41, 5.74) is -0.819. The van der Waals surface area contributed by atoms with Crippen molar-refractivity contribution in [2.24, 2.45) is 0 Å². The van der Waals surface area contributed by atoms with Crippen molar-refractivity contribution in [1.29, 1.82) is 0 Å². The quantitative estimate of drug-likeness (QED) is 0.218. The van der Waals surface area contributed by atoms with Crippen LogP contribution in [0.4, 0.5) is 5.82 Å². The van der Waals surface area contributed by atoms with E-state index >= 15 is 0 Å². The highest BCUT2D eigenvalue weighted by atomic mass is 32.2. The second-order valence-electron chi connectivity index (χ2n) is 8.19. The largest absolute Gasteiger partial charge is 0.393 e. The molecule has 2 atom stereocenters. The summed E-state index contributed by atoms with van der Waals surface area (Å²) >= 11 is 1.45. The first kappa shape index (κ1) is 29.5. The Bertz CT molecular complexity index is 981. The van der Waals surface area contributed by atoms with E-state index in [2.05, 4.69) is 78.0 Å². The summed E-state index contributed by atoms with van der Waals surface area (Å²) < 4.78 is 6.95. The average molecular weight is 514 g/mol. The van der Waals surface area contributed by atoms with E-state index in [0.717, 1.165) is 44.9 Å². The van der Waals surface area contributed by atoms with Crippen molar-refractivity contribution in [2.75, 3.05) is 17.7 Å². The third-order valence-electron chi connectivity index (χ3n) is 5.22. The molecular formula is C28H39N3O4S. The topological polar surface area (TPSA) is 93.5 Å². The number of allylic oxidation sites excluding steroid dienone is 10. The molecule has 1 fully saturated rings. The summed E-state index contributed by atoms with van der Waals surface area (Å²) in [6.07, 6.45) is 29.5. The molecule has 1 aromatic heterocycles. The Morgan fingerprint density at radius 1 is 1.08 bits per heavy atom. The van der Waals surface area contributed by atoms with Gasteiger partial charge >= 0.3 is 5.69 Å². The monoisotopic (exact) mass is 513 g/mol. The molecule has 0 spiro atoms. The van der Waals surface area contributed by atoms with Crippen molar-refractivity contribution in [3.8, 4) is 0 Å². The van der Waals surface area contributed by atoms with Crippen LogP contribution in [0.1, 0.15) is 64.5 Å². The van der Waals surface area contributed by atoms with Gasteiger partial charge in [-0.15, -0.1) is 11.8 Å². The average Bonchev–Trinajstić information content (AvgIpc) is 3.35. The summed E-state index contributed by atoms with van der Waals surface area (Å²) in [6, 6.07) is 1.59. The van der Waals surface area contributed by atoms with E-state index in [-0.39, 0.29) is 23.8 Å². The summed E-state index contributed by atoms with van der Waals surface area (Å²) in [7, 11) is 0. The third-order valence-corrected chi connectivity index (χ3v) is 6.33. The molecule has 2 heterocycles. The van der Waals surface area contributed by atoms with Gasteiger partial charge in [-0.1, -0.05) is 67.7 Å². The number of nitrogens with zero attached hydrogens (tertiary/aromatic N) is 2. The van der Waals surface area contributed by atoms with Crippen LogP contribution in [-0.2, 0) is 9.53 Å². The molecule has 8 heteroatoms. The van der Waals surface area contributed by atoms with Gasteiger partial charge in [-0.25, -0.2) is 4.79 Å². The first-order valence-electron chi connectivity index (χ1n) is 12.7. The Morgan fingerprint density at radius 2 is 1.69 bits per heavy atom. The molecule has 1 amide bonds. The number of thioether (sulfide) groups is 1. The lowest BCUT2D eigenvalue weighted by atomic mass is 10.2. The number of ether oxygens (including phenoxy) is 1. The molecule has 1 aromatic rings. The van der Waals surface area contributed by atoms with Crippen LogP contribution in [0, 0.1) is 0 Å². The molecule has 2 N–H and O–H groups in total. The summed E-state index contributed by atoms with van der Waals surface area (Å²) in [5.74, 6) is 0.634. The highest BCUT2D eigenvalue weighted by molar-refractivity contribution is 8.00. The number of nitrogens with one attached hydrogen (secondary N) is 1. The zero-order valence-electron chi connectivity index (χ0n) is 21.1. The fraction of sp³-hybridized carbons (Fsp3) is 0.464. The predicted molar refractivity (Wildman–Crippen MR) is 149 cm³/mol. The van der Waals surface area contributed by atoms with E-state index in [0.29, 0.717) is 12.2 Å². The third kappa shape index (κ3) is 12.3. The molecule has 0 aliphatic carbocycles. The number of aliphatic hydroxyl groups excluding tert-OH is 1. The minimum Gasteiger partial charge on any atom is -0.393 e. The molecule has 1 saturated heterocycles. The highest BCUT2D eigenvalue weighted by Crippen LogP contribution is 2.30. The standard InChI is InChI=1S/C28H39N3O4S/c1-2-3-4-5-6-7-8-9-10-11-12-13-14-15-16-17-18-19-25(33)29-24-20-21-31(28(34)30-24)26-23-36-27(22-32)35-26/h3-4,6-7,9-10,12-13,15-16,20-21,26-27,32H,2,5,8,11,14,17-19,22-23H2,1H3,(H,29,30,33,34)/t26-,27+/m0/s1. The fourth-order valence-corrected chi connectivity index (χ4v) is 4.27. The fourth-order valence-electron chi connectivity index (χ4n) is 3.34. The Balaban J connectivity index is 1.54. The number of hydrogen-bond acceptors (Lipinski definition) is 6. The van der Waals surface area contributed by atoms with E-state index in [1.54, 1.807) is 12.3 Å². The summed E-state index contributed by atoms with van der Waals surface area (Å²) in [6.45, 7) is 2.04. The van der Waals surface area contributed by atoms with Crippen molar-refractivity contribution < 1.29 is 14.6 Å². The normalized spacial score (nSPS) is 18.6. The minimum atomic E-state index is -0.490. The molecule has 36 heavy (non-hydrogen) atoms. The van der Waals surface area contributed by atoms with Crippen LogP contribution >= 0.6 is 11.8 Å². The lowest BCUT2D eigenvalue weighted by Crippen LogP contribution is -2.29. The van der Waals surface area contributed by atoms with Crippen molar-refractivity contribution in [1.82, 2.24) is 9.55 Å². The van der Waals surface area contributed by atoms with Gasteiger partial charge in [0.15, 0.2) is 0 Å². The van der Waals surface area contributed by atoms with Crippen LogP contribution in [0.15, 0.2) is 77.8 Å². The molecule has 2 rings (SSSR count). The van der Waals surface area contributed by atoms with E-state index in [9.17, 15) is 9.59 Å². The molecule has 0 saturated carbocycles. The van der Waals surface area contributed by atoms with Gasteiger partial charge in [-0.05, 0) is 51.0 Å². The van der Waals surface area contributed by atoms with Gasteiger partial charge in [0.1, 0.15) is 17.5 Å². The SMILES string of the molecule is CCC=CCC=CCC=CCC=CCC=CCCCC(=O)Nc1ccn([C@@H]2CS[C@H](CO)O2)c(=O)n1. The first-order chi connectivity index (χ1) is 17.6. The number of aromatic nitrogens is 2. The van der Waals surface area contributed by atoms with Gasteiger partial charge in [0.2, 0.25) is 5.91 Å². The smallest absolute Gasteiger partial charge is 0.351 e. The molecule has 0 unspecified atom stereocenters. The van der Waals surface area contributed by atoms with Gasteiger partial charge in [0.05, 0.1) is 6.61 Å². The number of carbonyl (C=O) groups is 1. The maximum atomic E-state index is 12.3. The highest BCUT2D eigenvalue weighted by Gasteiger charge is 2.27. The zero-order chi connectivity index (χ0) is 25.8. The van der Waals surface area contributed by atoms with E-state index < -0.39 is 11.9 Å². The number of unbranched alkanes of at least 4 members (excludes halogenated alkanes) is 1. The van der Waals surface area contributed by atoms with E-state index in [4.69, 9.17) is 9.84 Å². The Kier molecular flexibility index (Phi) is 15.2. The molecule has 0 bridgehead atoms. The zero-order valence-corrected chi connectivity index (χ0v) is 21.9. The summed E-state index contributed by atoms with van der Waals surface area (Å²) in [4.78, 5) is 28.3. The van der Waals surface area contributed by atoms with Crippen molar-refractivity contribution in [2.45, 2.75) is 70.0 Å². The van der Waals surface area contributed by atoms with Crippen LogP contribution in [-0.4, -0.2) is 38.4 Å². The molecule has 1 aliphatic rings. The number of carbonyl (C=O) groups excluding carboxylic acids is 1. The Hall–Kier alpha value is -2.68. The molecule has 0 radical (unpaired) electrons. The summed E-state index contributed by atoms with van der Waals surface area (Å²) in [5, 5.41) is 11.8. The van der Waals surface area contributed by atoms with Crippen LogP contribution in [0.3, 0.4) is 0 Å². The van der Waals surface area contributed by atoms with Crippen molar-refractivity contribution in [3.63, 3.8) is 0 Å². The first-order valence-corrected chi connectivity index (χ1v) is 13.7. The maximum absolute atomic E-state index is 12.3. The number of hydrogen-bond donors (Lipinski definition) is 2. The molecule has 1 aliphatic heterocycles. The van der Waals surface area contributed by atoms with Gasteiger partial charge in [0.25, 0.3) is 0 Å². The van der Waals surface area contributed by atoms with Crippen molar-refractivity contribution in [3.05, 3.63) is 83.5 Å². The second kappa shape index (κ2) is 18.6. The number of aliphatic hydroxyl groups is 1. The van der Waals surface area contributed by atoms with E-state index in [1.165, 1.54) is 16.3 Å². The predicted octanol–water partition coefficient (Wildman–Crippen LogP) is 5.68. The Morgan fingerprint density at radius 3 is 2.25 bits per heavy atom. The number of amides is 1. The van der Waals surface area contributed by atoms with Crippen LogP contribution < -0.4 is 11.0 Å². The van der Waals surface area contributed by atoms with Gasteiger partial charge in [-0.3, -0.25) is 9.36 Å². The lowest BCUT2D eigenvalue weighted by Gasteiger charge is -2.14. The Labute approximate surface area is 218 Å². The molecule has 196 valence electrons. The molecule has 7 nitrogen and oxygen atoms in total. The van der Waals surface area contributed by atoms with Gasteiger partial charge < -0.3 is 15.2 Å². The van der Waals surface area contributed by atoms with Crippen molar-refractivity contribution >= 4 is 23.5 Å². The molecular weight excluding hydrogens is 474 g/mol. The minimum absolute atomic E-state index is 0.100. The number of rotatable bonds is 16. The second-order valence-corrected chi connectivity index (χ2v) is 9.38. The lowest BCUT2D eigenvalue weighted by molar-refractivity contribution is -0.116. The molecule has 0 aromatic carbocycles.